The summed E-state index contributed by atoms with van der Waals surface area (Å²) in [5, 5.41) is 19.2. The zero-order chi connectivity index (χ0) is 19.7. The number of hydrogen-bond acceptors (Lipinski definition) is 6. The lowest BCUT2D eigenvalue weighted by molar-refractivity contribution is -0.150. The minimum Gasteiger partial charge on any atom is -0.496 e. The maximum absolute atomic E-state index is 11.8. The van der Waals surface area contributed by atoms with Gasteiger partial charge >= 0.3 is 11.9 Å². The van der Waals surface area contributed by atoms with Crippen molar-refractivity contribution in [3.63, 3.8) is 0 Å². The van der Waals surface area contributed by atoms with Crippen molar-refractivity contribution in [1.82, 2.24) is 0 Å². The molecule has 0 saturated carbocycles. The highest BCUT2D eigenvalue weighted by Crippen LogP contribution is 2.47. The molecule has 26 heavy (non-hydrogen) atoms. The fraction of sp³-hybridized carbons (Fsp3) is 0.444. The van der Waals surface area contributed by atoms with E-state index in [0.717, 1.165) is 5.56 Å². The number of carboxylic acids is 2. The minimum absolute atomic E-state index is 0.0557. The van der Waals surface area contributed by atoms with Crippen LogP contribution in [0, 0.1) is 5.41 Å². The molecule has 142 valence electrons. The molecule has 8 nitrogen and oxygen atoms in total. The number of ether oxygens (including phenoxy) is 2. The van der Waals surface area contributed by atoms with Gasteiger partial charge in [-0.15, -0.1) is 0 Å². The first-order valence-electron chi connectivity index (χ1n) is 8.03. The summed E-state index contributed by atoms with van der Waals surface area (Å²) in [6, 6.07) is 3.43. The number of aliphatic carboxylic acids is 2. The van der Waals surface area contributed by atoms with Crippen LogP contribution in [0.3, 0.4) is 0 Å². The maximum Gasteiger partial charge on any atom is 0.324 e. The number of benzene rings is 1. The summed E-state index contributed by atoms with van der Waals surface area (Å²) in [5.74, 6) is -1.58. The van der Waals surface area contributed by atoms with E-state index in [0.29, 0.717) is 22.6 Å². The second kappa shape index (κ2) is 6.97. The third-order valence-electron chi connectivity index (χ3n) is 4.72. The first-order chi connectivity index (χ1) is 12.1. The molecule has 0 aliphatic heterocycles. The van der Waals surface area contributed by atoms with E-state index in [4.69, 9.17) is 20.9 Å². The summed E-state index contributed by atoms with van der Waals surface area (Å²) >= 11 is 0. The van der Waals surface area contributed by atoms with E-state index in [1.54, 1.807) is 12.1 Å². The average Bonchev–Trinajstić information content (AvgIpc) is 2.59. The van der Waals surface area contributed by atoms with Crippen LogP contribution in [0.5, 0.6) is 11.5 Å². The highest BCUT2D eigenvalue weighted by molar-refractivity contribution is 5.91. The molecule has 0 radical (unpaired) electrons. The Morgan fingerprint density at radius 1 is 1.15 bits per heavy atom. The average molecular weight is 364 g/mol. The Balaban J connectivity index is 2.74. The summed E-state index contributed by atoms with van der Waals surface area (Å²) in [6.07, 6.45) is 1.26. The largest absolute Gasteiger partial charge is 0.496 e. The number of carbonyl (C=O) groups is 2. The van der Waals surface area contributed by atoms with Gasteiger partial charge in [0.25, 0.3) is 0 Å². The molecule has 2 unspecified atom stereocenters. The van der Waals surface area contributed by atoms with Gasteiger partial charge in [-0.1, -0.05) is 6.08 Å². The van der Waals surface area contributed by atoms with Gasteiger partial charge in [-0.3, -0.25) is 9.59 Å². The molecular weight excluding hydrogens is 340 g/mol. The van der Waals surface area contributed by atoms with Crippen molar-refractivity contribution in [3.05, 3.63) is 29.3 Å². The lowest BCUT2D eigenvalue weighted by Crippen LogP contribution is -2.54. The van der Waals surface area contributed by atoms with Gasteiger partial charge in [-0.2, -0.15) is 0 Å². The van der Waals surface area contributed by atoms with E-state index >= 15 is 0 Å². The van der Waals surface area contributed by atoms with Crippen molar-refractivity contribution in [2.24, 2.45) is 16.9 Å². The number of hydrogen-bond donors (Lipinski definition) is 4. The maximum atomic E-state index is 11.8. The van der Waals surface area contributed by atoms with Gasteiger partial charge in [0.15, 0.2) is 0 Å². The Hall–Kier alpha value is -2.58. The van der Waals surface area contributed by atoms with Crippen LogP contribution < -0.4 is 20.9 Å². The molecule has 0 spiro atoms. The predicted octanol–water partition coefficient (Wildman–Crippen LogP) is 1.21. The van der Waals surface area contributed by atoms with Crippen LogP contribution in [0.25, 0.3) is 5.57 Å². The highest BCUT2D eigenvalue weighted by Gasteiger charge is 2.49. The third kappa shape index (κ3) is 3.38. The Morgan fingerprint density at radius 2 is 1.69 bits per heavy atom. The van der Waals surface area contributed by atoms with Crippen molar-refractivity contribution >= 4 is 17.5 Å². The van der Waals surface area contributed by atoms with E-state index in [9.17, 15) is 19.8 Å². The molecule has 2 atom stereocenters. The Kier molecular flexibility index (Phi) is 5.29. The van der Waals surface area contributed by atoms with Gasteiger partial charge in [-0.05, 0) is 36.6 Å². The lowest BCUT2D eigenvalue weighted by atomic mass is 9.67. The number of nitrogens with two attached hydrogens (primary N) is 2. The van der Waals surface area contributed by atoms with Crippen LogP contribution in [0.15, 0.2) is 18.2 Å². The zero-order valence-corrected chi connectivity index (χ0v) is 15.0. The van der Waals surface area contributed by atoms with Gasteiger partial charge in [-0.25, -0.2) is 0 Å². The lowest BCUT2D eigenvalue weighted by Gasteiger charge is -2.38. The molecule has 0 fully saturated rings. The van der Waals surface area contributed by atoms with E-state index in [1.807, 2.05) is 0 Å². The number of carboxylic acid groups (broad SMARTS) is 2. The second-order valence-corrected chi connectivity index (χ2v) is 6.79. The smallest absolute Gasteiger partial charge is 0.324 e. The van der Waals surface area contributed by atoms with Gasteiger partial charge in [0.05, 0.1) is 25.2 Å². The van der Waals surface area contributed by atoms with Crippen LogP contribution >= 0.6 is 0 Å². The molecule has 6 N–H and O–H groups in total. The van der Waals surface area contributed by atoms with Crippen molar-refractivity contribution in [2.45, 2.75) is 31.8 Å². The molecule has 1 aliphatic rings. The van der Waals surface area contributed by atoms with Gasteiger partial charge in [0.2, 0.25) is 0 Å². The van der Waals surface area contributed by atoms with Crippen LogP contribution in [-0.4, -0.2) is 41.9 Å². The van der Waals surface area contributed by atoms with E-state index in [1.165, 1.54) is 27.2 Å². The van der Waals surface area contributed by atoms with Gasteiger partial charge in [0.1, 0.15) is 17.0 Å². The first kappa shape index (κ1) is 19.7. The summed E-state index contributed by atoms with van der Waals surface area (Å²) in [4.78, 5) is 23.5. The Bertz CT molecular complexity index is 750. The summed E-state index contributed by atoms with van der Waals surface area (Å²) in [5.41, 5.74) is 10.3. The topological polar surface area (TPSA) is 145 Å². The summed E-state index contributed by atoms with van der Waals surface area (Å²) < 4.78 is 10.9. The van der Waals surface area contributed by atoms with Crippen molar-refractivity contribution in [2.75, 3.05) is 14.2 Å². The standard InChI is InChI=1S/C18H24N2O6/c1-17(15(21)22)6-11(7-18(20,9-17)16(23)24)14-12(25-2)4-10(8-19)5-13(14)26-3/h4-6H,7-9,19-20H2,1-3H3,(H,21,22)(H,23,24). The molecule has 0 heterocycles. The second-order valence-electron chi connectivity index (χ2n) is 6.79. The number of rotatable bonds is 6. The number of methoxy groups -OCH3 is 2. The van der Waals surface area contributed by atoms with Crippen molar-refractivity contribution in [1.29, 1.82) is 0 Å². The molecule has 0 aromatic heterocycles. The fourth-order valence-corrected chi connectivity index (χ4v) is 3.39. The molecule has 0 saturated heterocycles. The monoisotopic (exact) mass is 364 g/mol. The van der Waals surface area contributed by atoms with E-state index in [-0.39, 0.29) is 19.4 Å². The predicted molar refractivity (Wildman–Crippen MR) is 94.9 cm³/mol. The quantitative estimate of drug-likeness (QED) is 0.589. The molecule has 1 aliphatic carbocycles. The van der Waals surface area contributed by atoms with Crippen LogP contribution in [0.1, 0.15) is 30.9 Å². The first-order valence-corrected chi connectivity index (χ1v) is 8.03. The van der Waals surface area contributed by atoms with Gasteiger partial charge < -0.3 is 31.2 Å². The van der Waals surface area contributed by atoms with Gasteiger partial charge in [0, 0.05) is 13.0 Å². The fourth-order valence-electron chi connectivity index (χ4n) is 3.39. The van der Waals surface area contributed by atoms with Crippen LogP contribution in [-0.2, 0) is 16.1 Å². The minimum atomic E-state index is -1.72. The SMILES string of the molecule is COc1cc(CN)cc(OC)c1C1=CC(C)(C(=O)O)CC(N)(C(=O)O)C1. The molecule has 1 aromatic carbocycles. The van der Waals surface area contributed by atoms with Crippen molar-refractivity contribution in [3.8, 4) is 11.5 Å². The molecule has 1 aromatic rings. The molecular formula is C18H24N2O6. The molecule has 0 amide bonds. The van der Waals surface area contributed by atoms with E-state index in [2.05, 4.69) is 0 Å². The zero-order valence-electron chi connectivity index (χ0n) is 15.0. The Labute approximate surface area is 151 Å². The highest BCUT2D eigenvalue weighted by atomic mass is 16.5. The summed E-state index contributed by atoms with van der Waals surface area (Å²) in [7, 11) is 2.93. The van der Waals surface area contributed by atoms with Crippen molar-refractivity contribution < 1.29 is 29.3 Å². The summed E-state index contributed by atoms with van der Waals surface area (Å²) in [6.45, 7) is 1.71. The van der Waals surface area contributed by atoms with Crippen LogP contribution in [0.4, 0.5) is 0 Å². The molecule has 2 rings (SSSR count). The Morgan fingerprint density at radius 3 is 2.08 bits per heavy atom. The third-order valence-corrected chi connectivity index (χ3v) is 4.72. The molecule has 0 bridgehead atoms. The molecule has 8 heteroatoms. The van der Waals surface area contributed by atoms with Crippen LogP contribution in [0.2, 0.25) is 0 Å². The van der Waals surface area contributed by atoms with E-state index < -0.39 is 22.9 Å². The normalized spacial score (nSPS) is 25.3.